The Bertz CT molecular complexity index is 835. The fraction of sp³-hybridized carbons (Fsp3) is 0.333. The fourth-order valence-electron chi connectivity index (χ4n) is 3.59. The van der Waals surface area contributed by atoms with Gasteiger partial charge in [0.15, 0.2) is 5.78 Å². The minimum absolute atomic E-state index is 0.0454. The maximum absolute atomic E-state index is 12.6. The zero-order chi connectivity index (χ0) is 19.2. The second-order valence-electron chi connectivity index (χ2n) is 6.91. The summed E-state index contributed by atoms with van der Waals surface area (Å²) in [6, 6.07) is 13.4. The molecule has 2 aromatic rings. The first kappa shape index (κ1) is 18.8. The largest absolute Gasteiger partial charge is 0.411 e. The van der Waals surface area contributed by atoms with Crippen LogP contribution in [0.1, 0.15) is 48.9 Å². The number of hydrogen-bond donors (Lipinski definition) is 1. The molecule has 6 heteroatoms. The molecule has 0 heterocycles. The molecule has 6 nitrogen and oxygen atoms in total. The van der Waals surface area contributed by atoms with Crippen molar-refractivity contribution >= 4 is 17.2 Å². The maximum atomic E-state index is 12.6. The zero-order valence-electron chi connectivity index (χ0n) is 15.0. The molecule has 0 spiro atoms. The van der Waals surface area contributed by atoms with Crippen LogP contribution in [0.15, 0.2) is 53.7 Å². The number of rotatable bonds is 6. The van der Waals surface area contributed by atoms with E-state index in [1.165, 1.54) is 18.6 Å². The number of ketones is 1. The lowest BCUT2D eigenvalue weighted by molar-refractivity contribution is -0.384. The Morgan fingerprint density at radius 3 is 2.07 bits per heavy atom. The number of non-ortho nitro benzene ring substituents is 1. The van der Waals surface area contributed by atoms with Crippen LogP contribution in [0.4, 0.5) is 5.69 Å². The number of hydrogen-bond acceptors (Lipinski definition) is 5. The minimum atomic E-state index is -0.432. The van der Waals surface area contributed by atoms with E-state index in [1.807, 2.05) is 12.1 Å². The van der Waals surface area contributed by atoms with Crippen molar-refractivity contribution in [3.63, 3.8) is 0 Å². The molecule has 27 heavy (non-hydrogen) atoms. The molecular formula is C21H22N2O4. The Balaban J connectivity index is 1.68. The molecule has 3 rings (SSSR count). The number of Topliss-reactive ketones (excluding diaryl/α,β-unsaturated/α-hetero) is 1. The van der Waals surface area contributed by atoms with Crippen molar-refractivity contribution < 1.29 is 14.9 Å². The van der Waals surface area contributed by atoms with E-state index in [-0.39, 0.29) is 23.8 Å². The molecule has 1 saturated carbocycles. The lowest BCUT2D eigenvalue weighted by Crippen LogP contribution is -2.21. The number of oxime groups is 1. The fourth-order valence-corrected chi connectivity index (χ4v) is 3.59. The van der Waals surface area contributed by atoms with Crippen molar-refractivity contribution in [2.75, 3.05) is 0 Å². The molecule has 0 aromatic heterocycles. The molecule has 1 aliphatic rings. The first-order valence-corrected chi connectivity index (χ1v) is 9.17. The van der Waals surface area contributed by atoms with Gasteiger partial charge >= 0.3 is 0 Å². The molecule has 0 amide bonds. The molecule has 0 aliphatic heterocycles. The summed E-state index contributed by atoms with van der Waals surface area (Å²) in [5.74, 6) is 0.135. The van der Waals surface area contributed by atoms with Gasteiger partial charge in [0.25, 0.3) is 5.69 Å². The summed E-state index contributed by atoms with van der Waals surface area (Å²) in [5.41, 5.74) is 2.92. The average Bonchev–Trinajstić information content (AvgIpc) is 2.72. The van der Waals surface area contributed by atoms with Crippen LogP contribution >= 0.6 is 0 Å². The van der Waals surface area contributed by atoms with Gasteiger partial charge in [-0.15, -0.1) is 0 Å². The lowest BCUT2D eigenvalue weighted by Gasteiger charge is -2.22. The highest BCUT2D eigenvalue weighted by atomic mass is 16.6. The van der Waals surface area contributed by atoms with Crippen LogP contribution in [0.25, 0.3) is 11.1 Å². The predicted molar refractivity (Wildman–Crippen MR) is 103 cm³/mol. The lowest BCUT2D eigenvalue weighted by atomic mass is 9.83. The van der Waals surface area contributed by atoms with Gasteiger partial charge in [0.1, 0.15) is 0 Å². The first-order valence-electron chi connectivity index (χ1n) is 9.17. The van der Waals surface area contributed by atoms with Crippen molar-refractivity contribution in [2.45, 2.75) is 38.5 Å². The Hall–Kier alpha value is -3.02. The van der Waals surface area contributed by atoms with Gasteiger partial charge in [0.05, 0.1) is 17.1 Å². The summed E-state index contributed by atoms with van der Waals surface area (Å²) in [6.45, 7) is 0. The Kier molecular flexibility index (Phi) is 5.96. The number of nitro groups is 1. The maximum Gasteiger partial charge on any atom is 0.269 e. The summed E-state index contributed by atoms with van der Waals surface area (Å²) in [5, 5.41) is 23.5. The number of carbonyl (C=O) groups excluding carboxylic acids is 1. The van der Waals surface area contributed by atoms with E-state index in [4.69, 9.17) is 0 Å². The topological polar surface area (TPSA) is 92.8 Å². The number of carbonyl (C=O) groups is 1. The molecule has 0 saturated heterocycles. The molecule has 0 atom stereocenters. The van der Waals surface area contributed by atoms with E-state index >= 15 is 0 Å². The van der Waals surface area contributed by atoms with Gasteiger partial charge in [-0.25, -0.2) is 0 Å². The van der Waals surface area contributed by atoms with Crippen molar-refractivity contribution in [2.24, 2.45) is 11.1 Å². The molecule has 1 aliphatic carbocycles. The quantitative estimate of drug-likeness (QED) is 0.248. The molecule has 2 aromatic carbocycles. The Morgan fingerprint density at radius 1 is 1.00 bits per heavy atom. The van der Waals surface area contributed by atoms with E-state index in [1.54, 1.807) is 24.3 Å². The zero-order valence-corrected chi connectivity index (χ0v) is 15.0. The molecule has 140 valence electrons. The minimum Gasteiger partial charge on any atom is -0.411 e. The normalized spacial score (nSPS) is 15.5. The smallest absolute Gasteiger partial charge is 0.269 e. The van der Waals surface area contributed by atoms with Crippen LogP contribution < -0.4 is 0 Å². The summed E-state index contributed by atoms with van der Waals surface area (Å²) < 4.78 is 0. The van der Waals surface area contributed by atoms with Crippen molar-refractivity contribution in [1.29, 1.82) is 0 Å². The number of nitro benzene ring substituents is 1. The van der Waals surface area contributed by atoms with Crippen molar-refractivity contribution in [1.82, 2.24) is 0 Å². The summed E-state index contributed by atoms with van der Waals surface area (Å²) in [6.07, 6.45) is 5.52. The summed E-state index contributed by atoms with van der Waals surface area (Å²) in [4.78, 5) is 22.9. The third-order valence-electron chi connectivity index (χ3n) is 5.16. The average molecular weight is 366 g/mol. The van der Waals surface area contributed by atoms with Gasteiger partial charge in [-0.05, 0) is 36.1 Å². The van der Waals surface area contributed by atoms with E-state index in [2.05, 4.69) is 5.16 Å². The second-order valence-corrected chi connectivity index (χ2v) is 6.91. The highest BCUT2D eigenvalue weighted by Crippen LogP contribution is 2.27. The monoisotopic (exact) mass is 366 g/mol. The first-order chi connectivity index (χ1) is 13.1. The SMILES string of the molecule is O=C(CC(=NO)C1CCCCC1)c1ccc(-c2ccc([N+](=O)[O-])cc2)cc1. The van der Waals surface area contributed by atoms with E-state index < -0.39 is 4.92 Å². The van der Waals surface area contributed by atoms with Crippen LogP contribution in [0, 0.1) is 16.0 Å². The van der Waals surface area contributed by atoms with Gasteiger partial charge in [-0.2, -0.15) is 0 Å². The second kappa shape index (κ2) is 8.58. The van der Waals surface area contributed by atoms with Gasteiger partial charge < -0.3 is 5.21 Å². The highest BCUT2D eigenvalue weighted by Gasteiger charge is 2.22. The predicted octanol–water partition coefficient (Wildman–Crippen LogP) is 5.25. The van der Waals surface area contributed by atoms with Crippen LogP contribution in [0.5, 0.6) is 0 Å². The van der Waals surface area contributed by atoms with Crippen molar-refractivity contribution in [3.8, 4) is 11.1 Å². The molecule has 1 N–H and O–H groups in total. The highest BCUT2D eigenvalue weighted by molar-refractivity contribution is 6.10. The van der Waals surface area contributed by atoms with Crippen LogP contribution in [0.3, 0.4) is 0 Å². The summed E-state index contributed by atoms with van der Waals surface area (Å²) >= 11 is 0. The van der Waals surface area contributed by atoms with E-state index in [0.717, 1.165) is 36.8 Å². The third kappa shape index (κ3) is 4.58. The Labute approximate surface area is 157 Å². The van der Waals surface area contributed by atoms with Gasteiger partial charge in [0, 0.05) is 23.6 Å². The van der Waals surface area contributed by atoms with Gasteiger partial charge in [-0.1, -0.05) is 48.7 Å². The van der Waals surface area contributed by atoms with Crippen LogP contribution in [0.2, 0.25) is 0 Å². The number of nitrogens with zero attached hydrogens (tertiary/aromatic N) is 2. The summed E-state index contributed by atoms with van der Waals surface area (Å²) in [7, 11) is 0. The molecule has 1 fully saturated rings. The van der Waals surface area contributed by atoms with Crippen LogP contribution in [-0.2, 0) is 0 Å². The third-order valence-corrected chi connectivity index (χ3v) is 5.16. The molecular weight excluding hydrogens is 344 g/mol. The standard InChI is InChI=1S/C21H22N2O4/c24-21(14-20(22-25)17-4-2-1-3-5-17)18-8-6-15(7-9-18)16-10-12-19(13-11-16)23(26)27/h6-13,17,25H,1-5,14H2. The molecule has 0 radical (unpaired) electrons. The number of benzene rings is 2. The van der Waals surface area contributed by atoms with E-state index in [0.29, 0.717) is 11.3 Å². The van der Waals surface area contributed by atoms with Crippen molar-refractivity contribution in [3.05, 3.63) is 64.2 Å². The molecule has 0 bridgehead atoms. The van der Waals surface area contributed by atoms with Gasteiger partial charge in [-0.3, -0.25) is 14.9 Å². The Morgan fingerprint density at radius 2 is 1.56 bits per heavy atom. The van der Waals surface area contributed by atoms with Gasteiger partial charge in [0.2, 0.25) is 0 Å². The van der Waals surface area contributed by atoms with E-state index in [9.17, 15) is 20.1 Å². The molecule has 0 unspecified atom stereocenters. The van der Waals surface area contributed by atoms with Crippen LogP contribution in [-0.4, -0.2) is 21.6 Å².